The van der Waals surface area contributed by atoms with Gasteiger partial charge in [-0.15, -0.1) is 0 Å². The van der Waals surface area contributed by atoms with E-state index in [4.69, 9.17) is 4.74 Å². The molecule has 1 fully saturated rings. The van der Waals surface area contributed by atoms with Crippen LogP contribution in [0.15, 0.2) is 18.5 Å². The van der Waals surface area contributed by atoms with Crippen LogP contribution in [0.4, 0.5) is 0 Å². The summed E-state index contributed by atoms with van der Waals surface area (Å²) in [5.41, 5.74) is 0. The molecule has 0 saturated heterocycles. The highest BCUT2D eigenvalue weighted by Gasteiger charge is 2.38. The predicted molar refractivity (Wildman–Crippen MR) is 50.6 cm³/mol. The van der Waals surface area contributed by atoms with Crippen molar-refractivity contribution >= 4 is 5.97 Å². The van der Waals surface area contributed by atoms with Crippen LogP contribution in [-0.2, 0) is 9.53 Å². The van der Waals surface area contributed by atoms with Gasteiger partial charge in [-0.1, -0.05) is 0 Å². The molecular formula is C10H14N2O2. The normalized spacial score (nSPS) is 17.8. The fourth-order valence-corrected chi connectivity index (χ4v) is 1.60. The lowest BCUT2D eigenvalue weighted by molar-refractivity contribution is -0.148. The van der Waals surface area contributed by atoms with Crippen molar-refractivity contribution in [1.29, 1.82) is 0 Å². The molecule has 1 aromatic heterocycles. The number of hydrogen-bond donors (Lipinski definition) is 0. The second-order valence-electron chi connectivity index (χ2n) is 3.52. The van der Waals surface area contributed by atoms with Gasteiger partial charge in [0.25, 0.3) is 0 Å². The molecule has 0 aromatic carbocycles. The van der Waals surface area contributed by atoms with E-state index in [9.17, 15) is 4.79 Å². The van der Waals surface area contributed by atoms with Gasteiger partial charge in [0.2, 0.25) is 0 Å². The summed E-state index contributed by atoms with van der Waals surface area (Å²) >= 11 is 0. The van der Waals surface area contributed by atoms with Gasteiger partial charge < -0.3 is 4.74 Å². The van der Waals surface area contributed by atoms with Crippen LogP contribution in [0.3, 0.4) is 0 Å². The molecule has 0 spiro atoms. The molecule has 0 radical (unpaired) electrons. The summed E-state index contributed by atoms with van der Waals surface area (Å²) < 4.78 is 6.73. The molecule has 1 saturated carbocycles. The number of carbonyl (C=O) groups is 1. The molecule has 1 unspecified atom stereocenters. The highest BCUT2D eigenvalue weighted by molar-refractivity contribution is 5.74. The van der Waals surface area contributed by atoms with Crippen molar-refractivity contribution in [3.05, 3.63) is 18.5 Å². The van der Waals surface area contributed by atoms with E-state index in [1.807, 2.05) is 19.2 Å². The lowest BCUT2D eigenvalue weighted by Gasteiger charge is -2.14. The van der Waals surface area contributed by atoms with E-state index in [1.165, 1.54) is 0 Å². The molecule has 0 N–H and O–H groups in total. The van der Waals surface area contributed by atoms with E-state index in [0.717, 1.165) is 12.8 Å². The summed E-state index contributed by atoms with van der Waals surface area (Å²) in [4.78, 5) is 11.6. The molecule has 0 amide bonds. The number of nitrogens with zero attached hydrogens (tertiary/aromatic N) is 2. The van der Waals surface area contributed by atoms with Crippen molar-refractivity contribution in [2.75, 3.05) is 6.61 Å². The van der Waals surface area contributed by atoms with E-state index < -0.39 is 0 Å². The maximum absolute atomic E-state index is 11.6. The molecule has 1 aromatic rings. The lowest BCUT2D eigenvalue weighted by atomic mass is 10.2. The number of rotatable bonds is 4. The van der Waals surface area contributed by atoms with Crippen LogP contribution >= 0.6 is 0 Å². The Labute approximate surface area is 82.9 Å². The van der Waals surface area contributed by atoms with Crippen molar-refractivity contribution in [1.82, 2.24) is 9.78 Å². The predicted octanol–water partition coefficient (Wildman–Crippen LogP) is 1.40. The van der Waals surface area contributed by atoms with Crippen molar-refractivity contribution in [2.45, 2.75) is 25.8 Å². The first-order valence-corrected chi connectivity index (χ1v) is 4.98. The fraction of sp³-hybridized carbons (Fsp3) is 0.600. The van der Waals surface area contributed by atoms with Gasteiger partial charge in [-0.05, 0) is 31.7 Å². The monoisotopic (exact) mass is 194 g/mol. The molecule has 4 nitrogen and oxygen atoms in total. The Morgan fingerprint density at radius 2 is 2.50 bits per heavy atom. The first-order chi connectivity index (χ1) is 6.83. The van der Waals surface area contributed by atoms with Crippen molar-refractivity contribution in [2.24, 2.45) is 5.92 Å². The Bertz CT molecular complexity index is 304. The van der Waals surface area contributed by atoms with Crippen LogP contribution < -0.4 is 0 Å². The smallest absolute Gasteiger partial charge is 0.331 e. The maximum Gasteiger partial charge on any atom is 0.331 e. The molecule has 14 heavy (non-hydrogen) atoms. The van der Waals surface area contributed by atoms with Crippen LogP contribution in [0.5, 0.6) is 0 Å². The van der Waals surface area contributed by atoms with E-state index >= 15 is 0 Å². The zero-order chi connectivity index (χ0) is 9.97. The molecule has 76 valence electrons. The summed E-state index contributed by atoms with van der Waals surface area (Å²) in [6.45, 7) is 2.26. The van der Waals surface area contributed by atoms with E-state index in [1.54, 1.807) is 10.9 Å². The first-order valence-electron chi connectivity index (χ1n) is 4.98. The maximum atomic E-state index is 11.6. The van der Waals surface area contributed by atoms with Gasteiger partial charge >= 0.3 is 5.97 Å². The van der Waals surface area contributed by atoms with Gasteiger partial charge in [-0.25, -0.2) is 4.79 Å². The Morgan fingerprint density at radius 1 is 1.71 bits per heavy atom. The van der Waals surface area contributed by atoms with Crippen LogP contribution in [0, 0.1) is 5.92 Å². The van der Waals surface area contributed by atoms with Crippen molar-refractivity contribution in [3.63, 3.8) is 0 Å². The van der Waals surface area contributed by atoms with Crippen LogP contribution in [0.25, 0.3) is 0 Å². The topological polar surface area (TPSA) is 44.1 Å². The molecular weight excluding hydrogens is 180 g/mol. The SMILES string of the molecule is CCOC(=O)C(C1CC1)n1cccn1. The van der Waals surface area contributed by atoms with Gasteiger partial charge in [-0.2, -0.15) is 5.10 Å². The zero-order valence-corrected chi connectivity index (χ0v) is 8.22. The van der Waals surface area contributed by atoms with Gasteiger partial charge in [0.05, 0.1) is 6.61 Å². The van der Waals surface area contributed by atoms with Crippen LogP contribution in [-0.4, -0.2) is 22.4 Å². The Morgan fingerprint density at radius 3 is 3.00 bits per heavy atom. The van der Waals surface area contributed by atoms with Crippen molar-refractivity contribution in [3.8, 4) is 0 Å². The van der Waals surface area contributed by atoms with E-state index in [0.29, 0.717) is 12.5 Å². The third-order valence-corrected chi connectivity index (χ3v) is 2.41. The number of ether oxygens (including phenoxy) is 1. The molecule has 1 heterocycles. The lowest BCUT2D eigenvalue weighted by Crippen LogP contribution is -2.24. The number of hydrogen-bond acceptors (Lipinski definition) is 3. The van der Waals surface area contributed by atoms with Crippen LogP contribution in [0.1, 0.15) is 25.8 Å². The zero-order valence-electron chi connectivity index (χ0n) is 8.22. The molecule has 0 aliphatic heterocycles. The number of carbonyl (C=O) groups excluding carboxylic acids is 1. The number of aromatic nitrogens is 2. The molecule has 2 rings (SSSR count). The summed E-state index contributed by atoms with van der Waals surface area (Å²) in [6.07, 6.45) is 5.71. The summed E-state index contributed by atoms with van der Waals surface area (Å²) in [6, 6.07) is 1.62. The minimum absolute atomic E-state index is 0.154. The summed E-state index contributed by atoms with van der Waals surface area (Å²) in [5, 5.41) is 4.10. The average molecular weight is 194 g/mol. The molecule has 1 aliphatic carbocycles. The fourth-order valence-electron chi connectivity index (χ4n) is 1.60. The summed E-state index contributed by atoms with van der Waals surface area (Å²) in [5.74, 6) is 0.271. The molecule has 0 bridgehead atoms. The van der Waals surface area contributed by atoms with E-state index in [2.05, 4.69) is 5.10 Å². The molecule has 1 atom stereocenters. The number of esters is 1. The Hall–Kier alpha value is -1.32. The van der Waals surface area contributed by atoms with E-state index in [-0.39, 0.29) is 12.0 Å². The molecule has 4 heteroatoms. The minimum atomic E-state index is -0.204. The van der Waals surface area contributed by atoms with Crippen molar-refractivity contribution < 1.29 is 9.53 Å². The Kier molecular flexibility index (Phi) is 2.52. The average Bonchev–Trinajstić information content (AvgIpc) is 2.82. The van der Waals surface area contributed by atoms with Gasteiger partial charge in [0.1, 0.15) is 0 Å². The standard InChI is InChI=1S/C10H14N2O2/c1-2-14-10(13)9(8-4-5-8)12-7-3-6-11-12/h3,6-9H,2,4-5H2,1H3. The Balaban J connectivity index is 2.11. The highest BCUT2D eigenvalue weighted by atomic mass is 16.5. The third kappa shape index (κ3) is 1.78. The second kappa shape index (κ2) is 3.82. The quantitative estimate of drug-likeness (QED) is 0.680. The minimum Gasteiger partial charge on any atom is -0.464 e. The third-order valence-electron chi connectivity index (χ3n) is 2.41. The van der Waals surface area contributed by atoms with Gasteiger partial charge in [0, 0.05) is 12.4 Å². The molecule has 1 aliphatic rings. The van der Waals surface area contributed by atoms with Crippen LogP contribution in [0.2, 0.25) is 0 Å². The highest BCUT2D eigenvalue weighted by Crippen LogP contribution is 2.39. The largest absolute Gasteiger partial charge is 0.464 e. The second-order valence-corrected chi connectivity index (χ2v) is 3.52. The first kappa shape index (κ1) is 9.24. The summed E-state index contributed by atoms with van der Waals surface area (Å²) in [7, 11) is 0. The van der Waals surface area contributed by atoms with Gasteiger partial charge in [0.15, 0.2) is 6.04 Å². The van der Waals surface area contributed by atoms with Gasteiger partial charge in [-0.3, -0.25) is 4.68 Å².